The number of anilines is 1. The third-order valence-corrected chi connectivity index (χ3v) is 5.75. The Morgan fingerprint density at radius 1 is 1.17 bits per heavy atom. The Morgan fingerprint density at radius 2 is 1.97 bits per heavy atom. The van der Waals surface area contributed by atoms with Gasteiger partial charge < -0.3 is 15.6 Å². The van der Waals surface area contributed by atoms with Crippen molar-refractivity contribution >= 4 is 17.0 Å². The Hall–Kier alpha value is -2.54. The molecule has 0 bridgehead atoms. The molecule has 5 nitrogen and oxygen atoms in total. The average molecular weight is 399 g/mol. The average Bonchev–Trinajstić information content (AvgIpc) is 3.10. The lowest BCUT2D eigenvalue weighted by atomic mass is 9.92. The van der Waals surface area contributed by atoms with E-state index in [1.807, 2.05) is 6.20 Å². The summed E-state index contributed by atoms with van der Waals surface area (Å²) in [5.74, 6) is -1.11. The third kappa shape index (κ3) is 4.10. The Morgan fingerprint density at radius 3 is 2.69 bits per heavy atom. The quantitative estimate of drug-likeness (QED) is 0.571. The van der Waals surface area contributed by atoms with E-state index in [0.717, 1.165) is 67.7 Å². The van der Waals surface area contributed by atoms with Gasteiger partial charge in [-0.25, -0.2) is 13.8 Å². The van der Waals surface area contributed by atoms with Crippen LogP contribution in [0.1, 0.15) is 51.5 Å². The fraction of sp³-hybridized carbons (Fsp3) is 0.455. The molecule has 1 aliphatic rings. The Kier molecular flexibility index (Phi) is 5.76. The number of unbranched alkanes of at least 4 members (excludes halogenated alkanes) is 1. The first-order chi connectivity index (χ1) is 14.1. The molecule has 3 N–H and O–H groups in total. The molecule has 2 heterocycles. The summed E-state index contributed by atoms with van der Waals surface area (Å²) in [4.78, 5) is 9.22. The summed E-state index contributed by atoms with van der Waals surface area (Å²) in [6.45, 7) is 2.95. The van der Waals surface area contributed by atoms with E-state index in [9.17, 15) is 8.78 Å². The number of aromatic nitrogens is 3. The Balaban J connectivity index is 1.78. The number of nitrogens with one attached hydrogen (secondary N) is 1. The van der Waals surface area contributed by atoms with Gasteiger partial charge in [0.05, 0.1) is 0 Å². The lowest BCUT2D eigenvalue weighted by Gasteiger charge is -2.27. The van der Waals surface area contributed by atoms with Gasteiger partial charge in [-0.05, 0) is 49.8 Å². The highest BCUT2D eigenvalue weighted by Crippen LogP contribution is 2.36. The summed E-state index contributed by atoms with van der Waals surface area (Å²) in [5, 5.41) is 4.12. The maximum Gasteiger partial charge on any atom is 0.224 e. The smallest absolute Gasteiger partial charge is 0.224 e. The van der Waals surface area contributed by atoms with Crippen LogP contribution in [0.25, 0.3) is 22.2 Å². The van der Waals surface area contributed by atoms with Crippen molar-refractivity contribution in [1.82, 2.24) is 14.5 Å². The van der Waals surface area contributed by atoms with Gasteiger partial charge in [0.15, 0.2) is 11.6 Å². The largest absolute Gasteiger partial charge is 0.354 e. The van der Waals surface area contributed by atoms with Gasteiger partial charge in [-0.1, -0.05) is 19.4 Å². The van der Waals surface area contributed by atoms with Crippen molar-refractivity contribution in [1.29, 1.82) is 0 Å². The minimum atomic E-state index is -0.856. The van der Waals surface area contributed by atoms with Crippen LogP contribution in [0.3, 0.4) is 0 Å². The first kappa shape index (κ1) is 19.8. The highest BCUT2D eigenvalue weighted by molar-refractivity contribution is 5.94. The number of hydrogen-bond donors (Lipinski definition) is 2. The maximum atomic E-state index is 13.9. The number of rotatable bonds is 6. The lowest BCUT2D eigenvalue weighted by Crippen LogP contribution is -2.27. The molecule has 0 spiro atoms. The van der Waals surface area contributed by atoms with E-state index in [-0.39, 0.29) is 12.1 Å². The summed E-state index contributed by atoms with van der Waals surface area (Å²) < 4.78 is 29.5. The lowest BCUT2D eigenvalue weighted by molar-refractivity contribution is 0.329. The molecule has 0 atom stereocenters. The summed E-state index contributed by atoms with van der Waals surface area (Å²) >= 11 is 0. The van der Waals surface area contributed by atoms with Gasteiger partial charge in [0.25, 0.3) is 0 Å². The molecular formula is C22H27F2N5. The van der Waals surface area contributed by atoms with Crippen molar-refractivity contribution in [3.8, 4) is 11.1 Å². The molecule has 0 amide bonds. The van der Waals surface area contributed by atoms with Gasteiger partial charge in [-0.3, -0.25) is 0 Å². The molecule has 0 saturated heterocycles. The zero-order valence-corrected chi connectivity index (χ0v) is 16.7. The second-order valence-electron chi connectivity index (χ2n) is 7.86. The van der Waals surface area contributed by atoms with E-state index in [1.54, 1.807) is 12.3 Å². The fourth-order valence-corrected chi connectivity index (χ4v) is 4.04. The standard InChI is InChI=1S/C22H27F2N5/c1-2-3-10-26-22-27-12-17-18(14-4-9-19(23)20(24)11-14)13-29(21(17)28-22)16-7-5-15(25)6-8-16/h4,9,11-13,15-16H,2-3,5-8,10,25H2,1H3,(H,26,27,28)/t15-,16-. The molecule has 0 aliphatic heterocycles. The fourth-order valence-electron chi connectivity index (χ4n) is 4.04. The van der Waals surface area contributed by atoms with Gasteiger partial charge in [0, 0.05) is 42.0 Å². The predicted octanol–water partition coefficient (Wildman–Crippen LogP) is 5.03. The molecule has 29 heavy (non-hydrogen) atoms. The Bertz CT molecular complexity index is 992. The van der Waals surface area contributed by atoms with E-state index in [4.69, 9.17) is 10.7 Å². The zero-order valence-electron chi connectivity index (χ0n) is 16.7. The van der Waals surface area contributed by atoms with Crippen LogP contribution in [0.15, 0.2) is 30.6 Å². The van der Waals surface area contributed by atoms with E-state index < -0.39 is 11.6 Å². The monoisotopic (exact) mass is 399 g/mol. The normalized spacial score (nSPS) is 19.6. The molecule has 7 heteroatoms. The SMILES string of the molecule is CCCCNc1ncc2c(-c3ccc(F)c(F)c3)cn([C@H]3CC[C@H](N)CC3)c2n1. The van der Waals surface area contributed by atoms with Crippen LogP contribution in [0.2, 0.25) is 0 Å². The minimum Gasteiger partial charge on any atom is -0.354 e. The molecule has 3 aromatic rings. The van der Waals surface area contributed by atoms with Crippen LogP contribution >= 0.6 is 0 Å². The van der Waals surface area contributed by atoms with Crippen LogP contribution in [-0.2, 0) is 0 Å². The molecule has 0 radical (unpaired) electrons. The number of nitrogens with two attached hydrogens (primary N) is 1. The van der Waals surface area contributed by atoms with E-state index in [1.165, 1.54) is 6.07 Å². The second kappa shape index (κ2) is 8.45. The van der Waals surface area contributed by atoms with Crippen LogP contribution in [0.5, 0.6) is 0 Å². The van der Waals surface area contributed by atoms with E-state index in [0.29, 0.717) is 11.5 Å². The maximum absolute atomic E-state index is 13.9. The number of benzene rings is 1. The van der Waals surface area contributed by atoms with Crippen LogP contribution < -0.4 is 11.1 Å². The van der Waals surface area contributed by atoms with Gasteiger partial charge in [-0.2, -0.15) is 4.98 Å². The van der Waals surface area contributed by atoms with Crippen molar-refractivity contribution in [3.63, 3.8) is 0 Å². The molecule has 1 aromatic carbocycles. The van der Waals surface area contributed by atoms with Gasteiger partial charge in [0.2, 0.25) is 5.95 Å². The van der Waals surface area contributed by atoms with Crippen LogP contribution in [0, 0.1) is 11.6 Å². The highest BCUT2D eigenvalue weighted by atomic mass is 19.2. The van der Waals surface area contributed by atoms with Gasteiger partial charge in [0.1, 0.15) is 5.65 Å². The molecule has 1 saturated carbocycles. The number of fused-ring (bicyclic) bond motifs is 1. The number of halogens is 2. The highest BCUT2D eigenvalue weighted by Gasteiger charge is 2.24. The van der Waals surface area contributed by atoms with Crippen molar-refractivity contribution in [2.45, 2.75) is 57.5 Å². The molecule has 0 unspecified atom stereocenters. The predicted molar refractivity (Wildman–Crippen MR) is 112 cm³/mol. The van der Waals surface area contributed by atoms with Crippen molar-refractivity contribution in [3.05, 3.63) is 42.2 Å². The molecule has 2 aromatic heterocycles. The first-order valence-electron chi connectivity index (χ1n) is 10.4. The second-order valence-corrected chi connectivity index (χ2v) is 7.86. The summed E-state index contributed by atoms with van der Waals surface area (Å²) in [5.41, 5.74) is 8.34. The van der Waals surface area contributed by atoms with Crippen molar-refractivity contribution in [2.75, 3.05) is 11.9 Å². The minimum absolute atomic E-state index is 0.250. The Labute approximate surface area is 169 Å². The molecule has 1 aliphatic carbocycles. The van der Waals surface area contributed by atoms with Crippen molar-refractivity contribution < 1.29 is 8.78 Å². The van der Waals surface area contributed by atoms with Gasteiger partial charge >= 0.3 is 0 Å². The first-order valence-corrected chi connectivity index (χ1v) is 10.4. The molecule has 4 rings (SSSR count). The zero-order chi connectivity index (χ0) is 20.4. The summed E-state index contributed by atoms with van der Waals surface area (Å²) in [6, 6.07) is 4.53. The van der Waals surface area contributed by atoms with Crippen LogP contribution in [-0.4, -0.2) is 27.1 Å². The van der Waals surface area contributed by atoms with E-state index >= 15 is 0 Å². The number of nitrogens with zero attached hydrogens (tertiary/aromatic N) is 3. The summed E-state index contributed by atoms with van der Waals surface area (Å²) in [7, 11) is 0. The van der Waals surface area contributed by atoms with E-state index in [2.05, 4.69) is 21.8 Å². The molecule has 1 fully saturated rings. The van der Waals surface area contributed by atoms with Crippen LogP contribution in [0.4, 0.5) is 14.7 Å². The van der Waals surface area contributed by atoms with Gasteiger partial charge in [-0.15, -0.1) is 0 Å². The van der Waals surface area contributed by atoms with Crippen molar-refractivity contribution in [2.24, 2.45) is 5.73 Å². The topological polar surface area (TPSA) is 68.8 Å². The molecule has 154 valence electrons. The summed E-state index contributed by atoms with van der Waals surface area (Å²) in [6.07, 6.45) is 9.81. The number of hydrogen-bond acceptors (Lipinski definition) is 4. The molecular weight excluding hydrogens is 372 g/mol. The third-order valence-electron chi connectivity index (χ3n) is 5.75.